The number of imide groups is 1. The molecular formula is C16H16N2O2S. The predicted octanol–water partition coefficient (Wildman–Crippen LogP) is 2.31. The lowest BCUT2D eigenvalue weighted by Gasteiger charge is -2.21. The summed E-state index contributed by atoms with van der Waals surface area (Å²) in [6.45, 7) is 0.643. The molecule has 1 fully saturated rings. The number of amides is 2. The molecule has 1 aromatic carbocycles. The third-order valence-corrected chi connectivity index (χ3v) is 4.46. The second kappa shape index (κ2) is 6.20. The van der Waals surface area contributed by atoms with Crippen LogP contribution in [0.2, 0.25) is 0 Å². The number of carbonyl (C=O) groups is 2. The molecule has 1 aliphatic heterocycles. The fourth-order valence-electron chi connectivity index (χ4n) is 2.37. The van der Waals surface area contributed by atoms with Gasteiger partial charge < -0.3 is 5.32 Å². The Morgan fingerprint density at radius 1 is 1.19 bits per heavy atom. The molecule has 1 aliphatic rings. The van der Waals surface area contributed by atoms with Gasteiger partial charge in [0, 0.05) is 17.8 Å². The Bertz CT molecular complexity index is 651. The number of hydrogen-bond acceptors (Lipinski definition) is 4. The number of piperidine rings is 1. The van der Waals surface area contributed by atoms with Crippen LogP contribution in [-0.2, 0) is 16.1 Å². The zero-order valence-electron chi connectivity index (χ0n) is 11.5. The maximum Gasteiger partial charge on any atom is 0.243 e. The highest BCUT2D eigenvalue weighted by Crippen LogP contribution is 2.25. The van der Waals surface area contributed by atoms with Gasteiger partial charge in [-0.15, -0.1) is 11.3 Å². The Morgan fingerprint density at radius 3 is 2.76 bits per heavy atom. The summed E-state index contributed by atoms with van der Waals surface area (Å²) in [6, 6.07) is 12.1. The lowest BCUT2D eigenvalue weighted by atomic mass is 10.1. The number of thiophene rings is 1. The summed E-state index contributed by atoms with van der Waals surface area (Å²) in [5.41, 5.74) is 2.39. The van der Waals surface area contributed by atoms with Crippen LogP contribution in [0, 0.1) is 0 Å². The molecule has 3 rings (SSSR count). The third kappa shape index (κ3) is 3.37. The fourth-order valence-corrected chi connectivity index (χ4v) is 3.21. The molecule has 2 amide bonds. The molecule has 0 aliphatic carbocycles. The maximum atomic E-state index is 11.7. The van der Waals surface area contributed by atoms with Crippen molar-refractivity contribution in [1.29, 1.82) is 0 Å². The van der Waals surface area contributed by atoms with E-state index in [0.717, 1.165) is 0 Å². The van der Waals surface area contributed by atoms with Gasteiger partial charge in [-0.2, -0.15) is 0 Å². The van der Waals surface area contributed by atoms with Crippen molar-refractivity contribution < 1.29 is 9.59 Å². The van der Waals surface area contributed by atoms with Crippen LogP contribution in [0.5, 0.6) is 0 Å². The lowest BCUT2D eigenvalue weighted by Crippen LogP contribution is -2.50. The van der Waals surface area contributed by atoms with Crippen LogP contribution in [-0.4, -0.2) is 17.9 Å². The van der Waals surface area contributed by atoms with Gasteiger partial charge in [-0.3, -0.25) is 14.9 Å². The predicted molar refractivity (Wildman–Crippen MR) is 82.8 cm³/mol. The normalized spacial score (nSPS) is 18.6. The first-order chi connectivity index (χ1) is 10.2. The molecule has 1 aromatic heterocycles. The minimum Gasteiger partial charge on any atom is -0.301 e. The molecule has 2 aromatic rings. The monoisotopic (exact) mass is 300 g/mol. The number of nitrogens with one attached hydrogen (secondary N) is 2. The molecule has 1 saturated heterocycles. The topological polar surface area (TPSA) is 58.2 Å². The van der Waals surface area contributed by atoms with Crippen molar-refractivity contribution in [3.8, 4) is 11.1 Å². The van der Waals surface area contributed by atoms with Crippen molar-refractivity contribution in [3.05, 3.63) is 46.7 Å². The second-order valence-electron chi connectivity index (χ2n) is 5.05. The molecular weight excluding hydrogens is 284 g/mol. The Hall–Kier alpha value is -1.98. The minimum atomic E-state index is -0.273. The second-order valence-corrected chi connectivity index (χ2v) is 6.05. The van der Waals surface area contributed by atoms with E-state index in [2.05, 4.69) is 34.2 Å². The van der Waals surface area contributed by atoms with Crippen molar-refractivity contribution in [2.75, 3.05) is 0 Å². The van der Waals surface area contributed by atoms with E-state index >= 15 is 0 Å². The smallest absolute Gasteiger partial charge is 0.243 e. The number of benzene rings is 1. The van der Waals surface area contributed by atoms with Crippen molar-refractivity contribution in [2.45, 2.75) is 25.4 Å². The molecule has 0 bridgehead atoms. The molecule has 4 nitrogen and oxygen atoms in total. The van der Waals surface area contributed by atoms with Crippen LogP contribution in [0.3, 0.4) is 0 Å². The minimum absolute atomic E-state index is 0.180. The van der Waals surface area contributed by atoms with Gasteiger partial charge in [-0.05, 0) is 29.0 Å². The van der Waals surface area contributed by atoms with Crippen LogP contribution in [0.1, 0.15) is 17.7 Å². The van der Waals surface area contributed by atoms with E-state index in [1.165, 1.54) is 16.0 Å². The summed E-state index contributed by atoms with van der Waals surface area (Å²) in [7, 11) is 0. The molecule has 0 spiro atoms. The fraction of sp³-hybridized carbons (Fsp3) is 0.250. The van der Waals surface area contributed by atoms with Crippen LogP contribution < -0.4 is 10.6 Å². The first-order valence-electron chi connectivity index (χ1n) is 6.92. The summed E-state index contributed by atoms with van der Waals surface area (Å²) in [5.74, 6) is -0.397. The van der Waals surface area contributed by atoms with Gasteiger partial charge in [0.2, 0.25) is 11.8 Å². The zero-order chi connectivity index (χ0) is 14.7. The van der Waals surface area contributed by atoms with E-state index in [0.29, 0.717) is 19.4 Å². The van der Waals surface area contributed by atoms with Crippen LogP contribution in [0.4, 0.5) is 0 Å². The molecule has 1 atom stereocenters. The Labute approximate surface area is 127 Å². The Kier molecular flexibility index (Phi) is 4.13. The van der Waals surface area contributed by atoms with Gasteiger partial charge in [0.15, 0.2) is 0 Å². The summed E-state index contributed by atoms with van der Waals surface area (Å²) < 4.78 is 0. The van der Waals surface area contributed by atoms with Gasteiger partial charge >= 0.3 is 0 Å². The summed E-state index contributed by atoms with van der Waals surface area (Å²) >= 11 is 1.67. The average molecular weight is 300 g/mol. The third-order valence-electron chi connectivity index (χ3n) is 3.52. The van der Waals surface area contributed by atoms with Gasteiger partial charge in [-0.1, -0.05) is 30.3 Å². The standard InChI is InChI=1S/C16H16N2O2S/c19-15-7-6-14(16(20)18-15)17-9-13-8-12(10-21-13)11-4-2-1-3-5-11/h1-5,8,10,14,17H,6-7,9H2,(H,18,19,20). The molecule has 108 valence electrons. The quantitative estimate of drug-likeness (QED) is 0.852. The molecule has 0 radical (unpaired) electrons. The number of rotatable bonds is 4. The van der Waals surface area contributed by atoms with Gasteiger partial charge in [0.25, 0.3) is 0 Å². The Balaban J connectivity index is 1.60. The van der Waals surface area contributed by atoms with Crippen molar-refractivity contribution in [2.24, 2.45) is 0 Å². The first kappa shape index (κ1) is 14.0. The molecule has 5 heteroatoms. The highest BCUT2D eigenvalue weighted by molar-refractivity contribution is 7.10. The molecule has 2 heterocycles. The van der Waals surface area contributed by atoms with Crippen LogP contribution >= 0.6 is 11.3 Å². The van der Waals surface area contributed by atoms with Gasteiger partial charge in [-0.25, -0.2) is 0 Å². The molecule has 1 unspecified atom stereocenters. The molecule has 21 heavy (non-hydrogen) atoms. The van der Waals surface area contributed by atoms with Gasteiger partial charge in [0.05, 0.1) is 6.04 Å². The van der Waals surface area contributed by atoms with E-state index in [9.17, 15) is 9.59 Å². The zero-order valence-corrected chi connectivity index (χ0v) is 12.3. The van der Waals surface area contributed by atoms with E-state index in [-0.39, 0.29) is 17.9 Å². The lowest BCUT2D eigenvalue weighted by molar-refractivity contribution is -0.134. The first-order valence-corrected chi connectivity index (χ1v) is 7.80. The highest BCUT2D eigenvalue weighted by Gasteiger charge is 2.25. The maximum absolute atomic E-state index is 11.7. The summed E-state index contributed by atoms with van der Waals surface area (Å²) in [4.78, 5) is 23.9. The van der Waals surface area contributed by atoms with E-state index in [1.807, 2.05) is 18.2 Å². The van der Waals surface area contributed by atoms with Crippen molar-refractivity contribution in [3.63, 3.8) is 0 Å². The molecule has 0 saturated carbocycles. The van der Waals surface area contributed by atoms with E-state index < -0.39 is 0 Å². The van der Waals surface area contributed by atoms with Crippen molar-refractivity contribution in [1.82, 2.24) is 10.6 Å². The highest BCUT2D eigenvalue weighted by atomic mass is 32.1. The van der Waals surface area contributed by atoms with E-state index in [4.69, 9.17) is 0 Å². The van der Waals surface area contributed by atoms with Crippen LogP contribution in [0.25, 0.3) is 11.1 Å². The molecule has 2 N–H and O–H groups in total. The number of hydrogen-bond donors (Lipinski definition) is 2. The SMILES string of the molecule is O=C1CCC(NCc2cc(-c3ccccc3)cs2)C(=O)N1. The van der Waals surface area contributed by atoms with Gasteiger partial charge in [0.1, 0.15) is 0 Å². The largest absolute Gasteiger partial charge is 0.301 e. The van der Waals surface area contributed by atoms with Crippen molar-refractivity contribution >= 4 is 23.2 Å². The summed E-state index contributed by atoms with van der Waals surface area (Å²) in [6.07, 6.45) is 0.977. The average Bonchev–Trinajstić information content (AvgIpc) is 2.96. The van der Waals surface area contributed by atoms with Crippen LogP contribution in [0.15, 0.2) is 41.8 Å². The number of carbonyl (C=O) groups excluding carboxylic acids is 2. The van der Waals surface area contributed by atoms with E-state index in [1.54, 1.807) is 11.3 Å². The summed E-state index contributed by atoms with van der Waals surface area (Å²) in [5, 5.41) is 7.70. The Morgan fingerprint density at radius 2 is 2.00 bits per heavy atom.